The number of hydrogen-bond acceptors (Lipinski definition) is 12. The minimum atomic E-state index is -1.39. The number of rotatable bonds is 7. The molecule has 5 rings (SSSR count). The molecule has 2 aliphatic carbocycles. The Hall–Kier alpha value is -1.05. The van der Waals surface area contributed by atoms with Gasteiger partial charge in [-0.25, -0.2) is 0 Å². The second kappa shape index (κ2) is 12.1. The molecule has 0 aromatic carbocycles. The first-order valence-corrected chi connectivity index (χ1v) is 17.3. The summed E-state index contributed by atoms with van der Waals surface area (Å²) in [5.74, 6) is -2.64. The minimum Gasteiger partial charge on any atom is -0.459 e. The monoisotopic (exact) mass is 672 g/mol. The van der Waals surface area contributed by atoms with Crippen molar-refractivity contribution in [1.82, 2.24) is 0 Å². The first-order chi connectivity index (χ1) is 20.7. The molecule has 3 aliphatic heterocycles. The molecule has 3 saturated heterocycles. The van der Waals surface area contributed by atoms with Crippen molar-refractivity contribution in [3.05, 3.63) is 0 Å². The van der Waals surface area contributed by atoms with Crippen LogP contribution in [0.5, 0.6) is 0 Å². The first kappa shape index (κ1) is 35.3. The molecule has 45 heavy (non-hydrogen) atoms. The topological polar surface area (TPSA) is 127 Å². The van der Waals surface area contributed by atoms with Crippen LogP contribution in [0, 0.1) is 17.3 Å². The number of aliphatic hydroxyl groups is 1. The highest BCUT2D eigenvalue weighted by Gasteiger charge is 2.73. The molecule has 5 aliphatic rings. The Bertz CT molecular complexity index is 1180. The molecule has 3 heterocycles. The van der Waals surface area contributed by atoms with Crippen molar-refractivity contribution in [1.29, 1.82) is 0 Å². The molecule has 0 amide bonds. The van der Waals surface area contributed by atoms with Crippen LogP contribution < -0.4 is 0 Å². The number of ether oxygens (including phenoxy) is 6. The molecule has 2 saturated carbocycles. The van der Waals surface area contributed by atoms with Gasteiger partial charge in [0.2, 0.25) is 0 Å². The van der Waals surface area contributed by atoms with Gasteiger partial charge in [-0.1, -0.05) is 6.92 Å². The summed E-state index contributed by atoms with van der Waals surface area (Å²) in [5, 5.41) is 12.5. The quantitative estimate of drug-likeness (QED) is 0.201. The Labute approximate surface area is 278 Å². The summed E-state index contributed by atoms with van der Waals surface area (Å²) >= 11 is 10.2. The van der Waals surface area contributed by atoms with Crippen molar-refractivity contribution < 1.29 is 47.9 Å². The predicted octanol–water partition coefficient (Wildman–Crippen LogP) is 4.58. The zero-order valence-corrected chi connectivity index (χ0v) is 29.7. The van der Waals surface area contributed by atoms with E-state index in [-0.39, 0.29) is 24.4 Å². The van der Waals surface area contributed by atoms with Crippen molar-refractivity contribution >= 4 is 43.2 Å². The highest BCUT2D eigenvalue weighted by molar-refractivity contribution is 7.82. The lowest BCUT2D eigenvalue weighted by atomic mass is 9.57. The lowest BCUT2D eigenvalue weighted by molar-refractivity contribution is -0.231. The first-order valence-electron chi connectivity index (χ1n) is 16.4. The highest BCUT2D eigenvalue weighted by atomic mass is 32.1. The van der Waals surface area contributed by atoms with Crippen LogP contribution in [-0.4, -0.2) is 86.6 Å². The molecule has 12 heteroatoms. The molecule has 0 aromatic heterocycles. The van der Waals surface area contributed by atoms with Gasteiger partial charge >= 0.3 is 17.9 Å². The zero-order valence-electron chi connectivity index (χ0n) is 27.9. The molecule has 0 aromatic rings. The highest BCUT2D eigenvalue weighted by Crippen LogP contribution is 2.66. The van der Waals surface area contributed by atoms with E-state index in [1.807, 2.05) is 6.92 Å². The van der Waals surface area contributed by atoms with Gasteiger partial charge < -0.3 is 33.5 Å². The average molecular weight is 673 g/mol. The molecule has 0 radical (unpaired) electrons. The van der Waals surface area contributed by atoms with Crippen molar-refractivity contribution in [3.8, 4) is 0 Å². The van der Waals surface area contributed by atoms with E-state index in [4.69, 9.17) is 53.7 Å². The zero-order chi connectivity index (χ0) is 33.3. The summed E-state index contributed by atoms with van der Waals surface area (Å²) < 4.78 is 36.3. The van der Waals surface area contributed by atoms with Crippen LogP contribution in [0.25, 0.3) is 0 Å². The predicted molar refractivity (Wildman–Crippen MR) is 171 cm³/mol. The maximum absolute atomic E-state index is 12.7. The lowest BCUT2D eigenvalue weighted by Crippen LogP contribution is -2.59. The van der Waals surface area contributed by atoms with Gasteiger partial charge in [0.15, 0.2) is 0 Å². The number of hydrogen-bond donors (Lipinski definition) is 3. The van der Waals surface area contributed by atoms with Gasteiger partial charge in [0.1, 0.15) is 23.2 Å². The van der Waals surface area contributed by atoms with Crippen molar-refractivity contribution in [3.63, 3.8) is 0 Å². The number of esters is 3. The molecule has 5 fully saturated rings. The van der Waals surface area contributed by atoms with Crippen molar-refractivity contribution in [2.24, 2.45) is 17.3 Å². The van der Waals surface area contributed by atoms with Gasteiger partial charge in [0.25, 0.3) is 0 Å². The molecular formula is C33H52O10S2. The Kier molecular flexibility index (Phi) is 9.50. The number of carbonyl (C=O) groups is 3. The fourth-order valence-corrected chi connectivity index (χ4v) is 11.0. The van der Waals surface area contributed by atoms with Crippen LogP contribution in [-0.2, 0) is 42.8 Å². The van der Waals surface area contributed by atoms with Gasteiger partial charge in [0.05, 0.1) is 35.6 Å². The summed E-state index contributed by atoms with van der Waals surface area (Å²) in [6.45, 7) is 13.8. The van der Waals surface area contributed by atoms with E-state index in [2.05, 4.69) is 13.8 Å². The number of fused-ring (bicyclic) bond motifs is 5. The van der Waals surface area contributed by atoms with Gasteiger partial charge in [-0.05, 0) is 79.1 Å². The summed E-state index contributed by atoms with van der Waals surface area (Å²) in [5.41, 5.74) is -2.48. The van der Waals surface area contributed by atoms with Crippen LogP contribution in [0.1, 0.15) is 107 Å². The second-order valence-corrected chi connectivity index (χ2v) is 16.9. The third-order valence-corrected chi connectivity index (χ3v) is 12.8. The van der Waals surface area contributed by atoms with Crippen LogP contribution >= 0.6 is 25.3 Å². The van der Waals surface area contributed by atoms with E-state index >= 15 is 0 Å². The largest absolute Gasteiger partial charge is 0.459 e. The normalized spacial score (nSPS) is 48.7. The van der Waals surface area contributed by atoms with Gasteiger partial charge in [-0.2, -0.15) is 12.6 Å². The van der Waals surface area contributed by atoms with Crippen LogP contribution in [0.15, 0.2) is 0 Å². The standard InChI is InChI=1S/C33H52O10S2/c1-17-21-9-15-31(7,42-21)23(38-17)11-14-30(6,37)28-26(41-20(4)36)25(40-19(3)35)27-29(5)13-10-24(39-18(2)34)32(8,44)43-22(29)12-16-33(27,28)45/h17,21-28,37,44-45H,9-16H2,1-8H3/t17-,21+,22-,23-,24+,25-,26-,27-,28+,29+,30-,31-,32+,33+/m0/s1. The van der Waals surface area contributed by atoms with Gasteiger partial charge in [-0.3, -0.25) is 14.4 Å². The maximum atomic E-state index is 12.7. The minimum absolute atomic E-state index is 0.0384. The third-order valence-electron chi connectivity index (χ3n) is 11.7. The van der Waals surface area contributed by atoms with Crippen molar-refractivity contribution in [2.75, 3.05) is 0 Å². The number of carbonyl (C=O) groups excluding carboxylic acids is 3. The summed E-state index contributed by atoms with van der Waals surface area (Å²) in [7, 11) is 0. The van der Waals surface area contributed by atoms with E-state index in [9.17, 15) is 19.5 Å². The molecule has 10 nitrogen and oxygen atoms in total. The molecule has 256 valence electrons. The smallest absolute Gasteiger partial charge is 0.303 e. The molecule has 14 atom stereocenters. The third kappa shape index (κ3) is 6.30. The Balaban J connectivity index is 1.52. The molecule has 2 bridgehead atoms. The lowest BCUT2D eigenvalue weighted by Gasteiger charge is -2.55. The van der Waals surface area contributed by atoms with E-state index in [1.165, 1.54) is 20.8 Å². The fourth-order valence-electron chi connectivity index (χ4n) is 9.69. The van der Waals surface area contributed by atoms with E-state index < -0.39 is 74.4 Å². The van der Waals surface area contributed by atoms with Crippen LogP contribution in [0.2, 0.25) is 0 Å². The Morgan fingerprint density at radius 1 is 0.889 bits per heavy atom. The summed E-state index contributed by atoms with van der Waals surface area (Å²) in [6, 6.07) is 0. The average Bonchev–Trinajstić information content (AvgIpc) is 3.35. The van der Waals surface area contributed by atoms with E-state index in [0.717, 1.165) is 12.8 Å². The fraction of sp³-hybridized carbons (Fsp3) is 0.909. The second-order valence-electron chi connectivity index (χ2n) is 15.2. The molecule has 0 unspecified atom stereocenters. The van der Waals surface area contributed by atoms with Gasteiger partial charge in [0, 0.05) is 42.8 Å². The summed E-state index contributed by atoms with van der Waals surface area (Å²) in [4.78, 5) is 36.2. The van der Waals surface area contributed by atoms with Crippen LogP contribution in [0.3, 0.4) is 0 Å². The molecular weight excluding hydrogens is 620 g/mol. The summed E-state index contributed by atoms with van der Waals surface area (Å²) in [6.07, 6.45) is 1.79. The molecule has 1 N–H and O–H groups in total. The number of thiol groups is 2. The van der Waals surface area contributed by atoms with Crippen LogP contribution in [0.4, 0.5) is 0 Å². The van der Waals surface area contributed by atoms with Gasteiger partial charge in [-0.15, -0.1) is 12.6 Å². The van der Waals surface area contributed by atoms with E-state index in [1.54, 1.807) is 13.8 Å². The Morgan fingerprint density at radius 2 is 1.51 bits per heavy atom. The SMILES string of the molecule is CC(=O)O[C@H]1[C@H](OC(C)=O)[C@H]([C@@](C)(O)CC[C@@H]2O[C@@H](C)[C@H]3CC[C@]2(C)O3)[C@@]2(S)CC[C@@H]3O[C@](C)(S)[C@H](OC(C)=O)CC[C@@]3(C)[C@H]12. The molecule has 0 spiro atoms. The maximum Gasteiger partial charge on any atom is 0.303 e. The van der Waals surface area contributed by atoms with Crippen molar-refractivity contribution in [2.45, 2.75) is 170 Å². The van der Waals surface area contributed by atoms with E-state index in [0.29, 0.717) is 38.5 Å². The Morgan fingerprint density at radius 3 is 2.13 bits per heavy atom.